The Bertz CT molecular complexity index is 1130. The number of hydrogen-bond donors (Lipinski definition) is 2. The smallest absolute Gasteiger partial charge is 0.326 e. The van der Waals surface area contributed by atoms with E-state index >= 15 is 0 Å². The van der Waals surface area contributed by atoms with Crippen LogP contribution in [-0.4, -0.2) is 56.6 Å². The molecule has 10 heteroatoms. The monoisotopic (exact) mass is 503 g/mol. The molecule has 0 radical (unpaired) electrons. The molecule has 4 rings (SSSR count). The van der Waals surface area contributed by atoms with Crippen LogP contribution in [0.5, 0.6) is 0 Å². The van der Waals surface area contributed by atoms with Gasteiger partial charge in [0.1, 0.15) is 6.04 Å². The zero-order chi connectivity index (χ0) is 24.6. The van der Waals surface area contributed by atoms with Gasteiger partial charge in [0.2, 0.25) is 0 Å². The van der Waals surface area contributed by atoms with Crippen LogP contribution in [-0.2, 0) is 4.79 Å². The second kappa shape index (κ2) is 9.84. The van der Waals surface area contributed by atoms with Crippen LogP contribution >= 0.6 is 23.4 Å². The topological polar surface area (TPSA) is 113 Å². The molecule has 34 heavy (non-hydrogen) atoms. The zero-order valence-electron chi connectivity index (χ0n) is 18.8. The first-order valence-corrected chi connectivity index (χ1v) is 12.5. The third kappa shape index (κ3) is 4.34. The normalized spacial score (nSPS) is 25.1. The van der Waals surface area contributed by atoms with Gasteiger partial charge in [0.15, 0.2) is 0 Å². The Kier molecular flexibility index (Phi) is 7.04. The van der Waals surface area contributed by atoms with Crippen LogP contribution in [0.3, 0.4) is 0 Å². The minimum atomic E-state index is -0.968. The summed E-state index contributed by atoms with van der Waals surface area (Å²) in [6, 6.07) is 11.0. The van der Waals surface area contributed by atoms with Crippen molar-refractivity contribution < 1.29 is 19.6 Å². The van der Waals surface area contributed by atoms with Crippen molar-refractivity contribution in [1.29, 1.82) is 0 Å². The van der Waals surface area contributed by atoms with Crippen molar-refractivity contribution in [2.75, 3.05) is 18.4 Å². The van der Waals surface area contributed by atoms with E-state index < -0.39 is 22.3 Å². The van der Waals surface area contributed by atoms with Crippen LogP contribution in [0.4, 0.5) is 11.4 Å². The predicted molar refractivity (Wildman–Crippen MR) is 132 cm³/mol. The van der Waals surface area contributed by atoms with Gasteiger partial charge in [-0.3, -0.25) is 14.9 Å². The van der Waals surface area contributed by atoms with Crippen molar-refractivity contribution in [2.45, 2.75) is 47.8 Å². The summed E-state index contributed by atoms with van der Waals surface area (Å²) in [5, 5.41) is 23.8. The molecule has 2 aromatic rings. The molecule has 180 valence electrons. The van der Waals surface area contributed by atoms with E-state index in [1.54, 1.807) is 35.2 Å². The number of nitrogens with zero attached hydrogens (tertiary/aromatic N) is 2. The molecule has 1 heterocycles. The van der Waals surface area contributed by atoms with Crippen LogP contribution in [0, 0.1) is 16.0 Å². The molecule has 1 aliphatic carbocycles. The van der Waals surface area contributed by atoms with Crippen molar-refractivity contribution in [1.82, 2.24) is 4.90 Å². The number of carboxylic acids is 1. The fraction of sp³-hybridized carbons (Fsp3) is 0.417. The SMILES string of the molecule is CCN(CC)C(=O)c1ccc2c(c1)[C@@H]1[C@H](Cl)[C@H](Sc3ccccc3[N+](=O)[O-])C[C@H]1[C@H](C(=O)O)N2. The molecule has 2 aromatic carbocycles. The first-order chi connectivity index (χ1) is 16.3. The van der Waals surface area contributed by atoms with Gasteiger partial charge in [0, 0.05) is 41.6 Å². The highest BCUT2D eigenvalue weighted by Crippen LogP contribution is 2.55. The van der Waals surface area contributed by atoms with Crippen molar-refractivity contribution in [3.63, 3.8) is 0 Å². The number of carbonyl (C=O) groups excluding carboxylic acids is 1. The number of alkyl halides is 1. The van der Waals surface area contributed by atoms with E-state index in [2.05, 4.69) is 5.32 Å². The Labute approximate surface area is 206 Å². The third-order valence-electron chi connectivity index (χ3n) is 6.72. The maximum absolute atomic E-state index is 13.0. The standard InChI is InChI=1S/C24H26ClN3O5S/c1-3-27(4-2)23(29)13-9-10-16-14(11-13)20-15(22(26-16)24(30)31)12-19(21(20)25)34-18-8-6-5-7-17(18)28(32)33/h5-11,15,19-22,26H,3-4,12H2,1-2H3,(H,30,31)/t15-,19-,20+,21-,22-/m1/s1. The number of halogens is 1. The van der Waals surface area contributed by atoms with Gasteiger partial charge >= 0.3 is 5.97 Å². The number of thioether (sulfide) groups is 1. The molecule has 0 bridgehead atoms. The summed E-state index contributed by atoms with van der Waals surface area (Å²) in [7, 11) is 0. The summed E-state index contributed by atoms with van der Waals surface area (Å²) < 4.78 is 0. The highest BCUT2D eigenvalue weighted by Gasteiger charge is 2.52. The molecule has 1 saturated carbocycles. The van der Waals surface area contributed by atoms with Crippen LogP contribution in [0.15, 0.2) is 47.4 Å². The molecule has 0 saturated heterocycles. The number of aliphatic carboxylic acids is 1. The van der Waals surface area contributed by atoms with Gasteiger partial charge in [-0.25, -0.2) is 4.79 Å². The number of nitro groups is 1. The Morgan fingerprint density at radius 1 is 1.24 bits per heavy atom. The fourth-order valence-corrected chi connectivity index (χ4v) is 7.00. The molecule has 5 atom stereocenters. The number of benzene rings is 2. The lowest BCUT2D eigenvalue weighted by Gasteiger charge is -2.36. The first kappa shape index (κ1) is 24.3. The molecule has 0 spiro atoms. The molecule has 8 nitrogen and oxygen atoms in total. The van der Waals surface area contributed by atoms with Crippen molar-refractivity contribution >= 4 is 46.6 Å². The van der Waals surface area contributed by atoms with E-state index in [1.807, 2.05) is 19.9 Å². The van der Waals surface area contributed by atoms with E-state index in [0.717, 1.165) is 5.56 Å². The average molecular weight is 504 g/mol. The Hall–Kier alpha value is -2.78. The summed E-state index contributed by atoms with van der Waals surface area (Å²) >= 11 is 8.30. The van der Waals surface area contributed by atoms with E-state index in [1.165, 1.54) is 17.8 Å². The Morgan fingerprint density at radius 3 is 2.59 bits per heavy atom. The molecular formula is C24H26ClN3O5S. The molecule has 0 unspecified atom stereocenters. The number of nitro benzene ring substituents is 1. The minimum Gasteiger partial charge on any atom is -0.480 e. The highest BCUT2D eigenvalue weighted by atomic mass is 35.5. The van der Waals surface area contributed by atoms with Gasteiger partial charge < -0.3 is 15.3 Å². The fourth-order valence-electron chi connectivity index (χ4n) is 5.06. The first-order valence-electron chi connectivity index (χ1n) is 11.2. The predicted octanol–water partition coefficient (Wildman–Crippen LogP) is 4.83. The van der Waals surface area contributed by atoms with Crippen molar-refractivity contribution in [3.05, 3.63) is 63.7 Å². The highest BCUT2D eigenvalue weighted by molar-refractivity contribution is 8.00. The van der Waals surface area contributed by atoms with E-state index in [-0.39, 0.29) is 28.7 Å². The number of carboxylic acid groups (broad SMARTS) is 1. The zero-order valence-corrected chi connectivity index (χ0v) is 20.4. The van der Waals surface area contributed by atoms with Crippen molar-refractivity contribution in [3.8, 4) is 0 Å². The molecule has 1 aliphatic heterocycles. The molecule has 0 aromatic heterocycles. The number of hydrogen-bond acceptors (Lipinski definition) is 6. The number of fused-ring (bicyclic) bond motifs is 3. The van der Waals surface area contributed by atoms with Gasteiger partial charge in [0.25, 0.3) is 11.6 Å². The molecule has 2 N–H and O–H groups in total. The van der Waals surface area contributed by atoms with Crippen LogP contribution in [0.1, 0.15) is 42.1 Å². The van der Waals surface area contributed by atoms with Crippen molar-refractivity contribution in [2.24, 2.45) is 5.92 Å². The molecule has 1 fully saturated rings. The summed E-state index contributed by atoms with van der Waals surface area (Å²) in [6.45, 7) is 5.02. The number of nitrogens with one attached hydrogen (secondary N) is 1. The summed E-state index contributed by atoms with van der Waals surface area (Å²) in [4.78, 5) is 38.3. The number of carbonyl (C=O) groups is 2. The van der Waals surface area contributed by atoms with Gasteiger partial charge in [-0.15, -0.1) is 23.4 Å². The second-order valence-corrected chi connectivity index (χ2v) is 10.3. The maximum Gasteiger partial charge on any atom is 0.326 e. The number of rotatable bonds is 7. The van der Waals surface area contributed by atoms with Crippen LogP contribution in [0.25, 0.3) is 0 Å². The average Bonchev–Trinajstić information content (AvgIpc) is 3.15. The van der Waals surface area contributed by atoms with Crippen LogP contribution in [0.2, 0.25) is 0 Å². The quantitative estimate of drug-likeness (QED) is 0.316. The lowest BCUT2D eigenvalue weighted by atomic mass is 9.79. The number of amides is 1. The molecule has 1 amide bonds. The summed E-state index contributed by atoms with van der Waals surface area (Å²) in [6.07, 6.45) is 0.479. The largest absolute Gasteiger partial charge is 0.480 e. The lowest BCUT2D eigenvalue weighted by Crippen LogP contribution is -2.42. The summed E-state index contributed by atoms with van der Waals surface area (Å²) in [5.74, 6) is -1.67. The Balaban J connectivity index is 1.70. The third-order valence-corrected chi connectivity index (χ3v) is 8.83. The Morgan fingerprint density at radius 2 is 1.94 bits per heavy atom. The number of para-hydroxylation sites is 1. The van der Waals surface area contributed by atoms with Gasteiger partial charge in [0.05, 0.1) is 15.2 Å². The van der Waals surface area contributed by atoms with E-state index in [9.17, 15) is 24.8 Å². The second-order valence-electron chi connectivity index (χ2n) is 8.49. The molecule has 2 aliphatic rings. The van der Waals surface area contributed by atoms with E-state index in [0.29, 0.717) is 35.7 Å². The van der Waals surface area contributed by atoms with Gasteiger partial charge in [-0.2, -0.15) is 0 Å². The maximum atomic E-state index is 13.0. The minimum absolute atomic E-state index is 0.00616. The lowest BCUT2D eigenvalue weighted by molar-refractivity contribution is -0.387. The number of anilines is 1. The molecular weight excluding hydrogens is 478 g/mol. The van der Waals surface area contributed by atoms with Crippen LogP contribution < -0.4 is 5.32 Å². The summed E-state index contributed by atoms with van der Waals surface area (Å²) in [5.41, 5.74) is 2.03. The van der Waals surface area contributed by atoms with Gasteiger partial charge in [-0.05, 0) is 56.0 Å². The van der Waals surface area contributed by atoms with E-state index in [4.69, 9.17) is 11.6 Å². The van der Waals surface area contributed by atoms with Gasteiger partial charge in [-0.1, -0.05) is 12.1 Å².